The third-order valence-corrected chi connectivity index (χ3v) is 2.90. The molecule has 0 amide bonds. The molecule has 0 aromatic carbocycles. The van der Waals surface area contributed by atoms with Crippen LogP contribution >= 0.6 is 0 Å². The van der Waals surface area contributed by atoms with Gasteiger partial charge in [0.05, 0.1) is 0 Å². The topological polar surface area (TPSA) is 29.0 Å². The Balaban J connectivity index is 2.08. The molecule has 14 heavy (non-hydrogen) atoms. The van der Waals surface area contributed by atoms with Crippen molar-refractivity contribution in [2.75, 3.05) is 18.0 Å². The third-order valence-electron chi connectivity index (χ3n) is 2.90. The molecule has 1 saturated heterocycles. The zero-order chi connectivity index (χ0) is 9.97. The number of rotatable bonds is 1. The lowest BCUT2D eigenvalue weighted by Crippen LogP contribution is -2.33. The summed E-state index contributed by atoms with van der Waals surface area (Å²) in [5.41, 5.74) is 1.05. The molecule has 0 unspecified atom stereocenters. The van der Waals surface area contributed by atoms with Crippen LogP contribution in [0.15, 0.2) is 12.4 Å². The summed E-state index contributed by atoms with van der Waals surface area (Å²) in [7, 11) is 0. The normalized spacial score (nSPS) is 18.6. The first-order valence-electron chi connectivity index (χ1n) is 5.29. The molecule has 0 bridgehead atoms. The Labute approximate surface area is 85.2 Å². The van der Waals surface area contributed by atoms with Crippen LogP contribution in [0.3, 0.4) is 0 Å². The summed E-state index contributed by atoms with van der Waals surface area (Å²) in [6.45, 7) is 6.61. The van der Waals surface area contributed by atoms with E-state index in [1.807, 2.05) is 6.92 Å². The van der Waals surface area contributed by atoms with Gasteiger partial charge in [-0.2, -0.15) is 0 Å². The van der Waals surface area contributed by atoms with Gasteiger partial charge in [-0.05, 0) is 25.7 Å². The van der Waals surface area contributed by atoms with E-state index in [0.717, 1.165) is 30.5 Å². The van der Waals surface area contributed by atoms with Crippen LogP contribution in [0.4, 0.5) is 5.82 Å². The number of aryl methyl sites for hydroxylation is 1. The summed E-state index contributed by atoms with van der Waals surface area (Å²) in [4.78, 5) is 10.8. The number of piperidine rings is 1. The molecule has 1 aliphatic heterocycles. The predicted molar refractivity (Wildman–Crippen MR) is 57.4 cm³/mol. The predicted octanol–water partition coefficient (Wildman–Crippen LogP) is 2.02. The van der Waals surface area contributed by atoms with Gasteiger partial charge in [-0.1, -0.05) is 6.92 Å². The maximum absolute atomic E-state index is 4.30. The molecule has 1 fully saturated rings. The van der Waals surface area contributed by atoms with Crippen molar-refractivity contribution >= 4 is 5.82 Å². The third kappa shape index (κ3) is 2.03. The van der Waals surface area contributed by atoms with Crippen molar-refractivity contribution in [2.45, 2.75) is 26.7 Å². The van der Waals surface area contributed by atoms with Crippen LogP contribution in [0.2, 0.25) is 0 Å². The molecule has 0 spiro atoms. The van der Waals surface area contributed by atoms with E-state index in [0.29, 0.717) is 0 Å². The van der Waals surface area contributed by atoms with E-state index in [1.54, 1.807) is 6.33 Å². The number of hydrogen-bond acceptors (Lipinski definition) is 3. The molecule has 2 heterocycles. The molecule has 0 radical (unpaired) electrons. The second-order valence-corrected chi connectivity index (χ2v) is 4.19. The maximum Gasteiger partial charge on any atom is 0.132 e. The van der Waals surface area contributed by atoms with E-state index >= 15 is 0 Å². The second-order valence-electron chi connectivity index (χ2n) is 4.19. The summed E-state index contributed by atoms with van der Waals surface area (Å²) in [5.74, 6) is 1.96. The second kappa shape index (κ2) is 3.95. The van der Waals surface area contributed by atoms with Crippen molar-refractivity contribution in [1.29, 1.82) is 0 Å². The Bertz CT molecular complexity index is 303. The van der Waals surface area contributed by atoms with Crippen LogP contribution in [-0.2, 0) is 0 Å². The van der Waals surface area contributed by atoms with E-state index in [9.17, 15) is 0 Å². The van der Waals surface area contributed by atoms with Crippen LogP contribution in [-0.4, -0.2) is 23.1 Å². The molecular weight excluding hydrogens is 174 g/mol. The lowest BCUT2D eigenvalue weighted by molar-refractivity contribution is 0.436. The summed E-state index contributed by atoms with van der Waals surface area (Å²) < 4.78 is 0. The van der Waals surface area contributed by atoms with Gasteiger partial charge in [0, 0.05) is 24.8 Å². The summed E-state index contributed by atoms with van der Waals surface area (Å²) in [6, 6.07) is 2.07. The molecule has 1 aromatic rings. The van der Waals surface area contributed by atoms with E-state index in [-0.39, 0.29) is 0 Å². The van der Waals surface area contributed by atoms with Crippen molar-refractivity contribution in [2.24, 2.45) is 5.92 Å². The minimum atomic E-state index is 0.870. The van der Waals surface area contributed by atoms with Gasteiger partial charge in [-0.25, -0.2) is 9.97 Å². The molecule has 1 aliphatic rings. The highest BCUT2D eigenvalue weighted by atomic mass is 15.2. The average Bonchev–Trinajstić information content (AvgIpc) is 2.19. The van der Waals surface area contributed by atoms with Crippen molar-refractivity contribution in [3.63, 3.8) is 0 Å². The minimum Gasteiger partial charge on any atom is -0.356 e. The number of nitrogens with zero attached hydrogens (tertiary/aromatic N) is 3. The SMILES string of the molecule is Cc1cc(N2CCC(C)CC2)ncn1. The number of anilines is 1. The highest BCUT2D eigenvalue weighted by molar-refractivity contribution is 5.38. The lowest BCUT2D eigenvalue weighted by Gasteiger charge is -2.31. The molecule has 0 aliphatic carbocycles. The van der Waals surface area contributed by atoms with Crippen LogP contribution in [0.1, 0.15) is 25.5 Å². The summed E-state index contributed by atoms with van der Waals surface area (Å²) >= 11 is 0. The van der Waals surface area contributed by atoms with Gasteiger partial charge >= 0.3 is 0 Å². The molecule has 3 heteroatoms. The lowest BCUT2D eigenvalue weighted by atomic mass is 9.99. The Morgan fingerprint density at radius 1 is 1.29 bits per heavy atom. The fourth-order valence-electron chi connectivity index (χ4n) is 1.85. The Morgan fingerprint density at radius 2 is 2.00 bits per heavy atom. The van der Waals surface area contributed by atoms with Crippen molar-refractivity contribution < 1.29 is 0 Å². The van der Waals surface area contributed by atoms with Gasteiger partial charge in [-0.15, -0.1) is 0 Å². The molecule has 76 valence electrons. The van der Waals surface area contributed by atoms with Crippen LogP contribution in [0.5, 0.6) is 0 Å². The largest absolute Gasteiger partial charge is 0.356 e. The maximum atomic E-state index is 4.30. The highest BCUT2D eigenvalue weighted by Crippen LogP contribution is 2.20. The van der Waals surface area contributed by atoms with Crippen molar-refractivity contribution in [3.8, 4) is 0 Å². The zero-order valence-electron chi connectivity index (χ0n) is 8.90. The molecule has 3 nitrogen and oxygen atoms in total. The van der Waals surface area contributed by atoms with Gasteiger partial charge in [0.2, 0.25) is 0 Å². The first-order chi connectivity index (χ1) is 6.75. The molecule has 1 aromatic heterocycles. The van der Waals surface area contributed by atoms with Gasteiger partial charge in [0.25, 0.3) is 0 Å². The van der Waals surface area contributed by atoms with E-state index < -0.39 is 0 Å². The number of aromatic nitrogens is 2. The van der Waals surface area contributed by atoms with Crippen LogP contribution < -0.4 is 4.90 Å². The first-order valence-corrected chi connectivity index (χ1v) is 5.29. The fourth-order valence-corrected chi connectivity index (χ4v) is 1.85. The smallest absolute Gasteiger partial charge is 0.132 e. The van der Waals surface area contributed by atoms with E-state index in [1.165, 1.54) is 12.8 Å². The quantitative estimate of drug-likeness (QED) is 0.680. The average molecular weight is 191 g/mol. The monoisotopic (exact) mass is 191 g/mol. The van der Waals surface area contributed by atoms with E-state index in [4.69, 9.17) is 0 Å². The highest BCUT2D eigenvalue weighted by Gasteiger charge is 2.16. The van der Waals surface area contributed by atoms with Crippen LogP contribution in [0.25, 0.3) is 0 Å². The zero-order valence-corrected chi connectivity index (χ0v) is 8.90. The number of hydrogen-bond donors (Lipinski definition) is 0. The molecule has 0 atom stereocenters. The standard InChI is InChI=1S/C11H17N3/c1-9-3-5-14(6-4-9)11-7-10(2)12-8-13-11/h7-9H,3-6H2,1-2H3. The van der Waals surface area contributed by atoms with Gasteiger partial charge in [0.15, 0.2) is 0 Å². The van der Waals surface area contributed by atoms with Crippen molar-refractivity contribution in [3.05, 3.63) is 18.1 Å². The molecule has 2 rings (SSSR count). The summed E-state index contributed by atoms with van der Waals surface area (Å²) in [5, 5.41) is 0. The van der Waals surface area contributed by atoms with Crippen molar-refractivity contribution in [1.82, 2.24) is 9.97 Å². The van der Waals surface area contributed by atoms with Crippen LogP contribution in [0, 0.1) is 12.8 Å². The Hall–Kier alpha value is -1.12. The van der Waals surface area contributed by atoms with Gasteiger partial charge in [0.1, 0.15) is 12.1 Å². The first kappa shape index (κ1) is 9.44. The van der Waals surface area contributed by atoms with Gasteiger partial charge < -0.3 is 4.90 Å². The summed E-state index contributed by atoms with van der Waals surface area (Å²) in [6.07, 6.45) is 4.22. The Morgan fingerprint density at radius 3 is 2.64 bits per heavy atom. The fraction of sp³-hybridized carbons (Fsp3) is 0.636. The molecule has 0 N–H and O–H groups in total. The van der Waals surface area contributed by atoms with Gasteiger partial charge in [-0.3, -0.25) is 0 Å². The Kier molecular flexibility index (Phi) is 2.66. The van der Waals surface area contributed by atoms with E-state index in [2.05, 4.69) is 27.9 Å². The molecular formula is C11H17N3. The minimum absolute atomic E-state index is 0.870. The molecule has 0 saturated carbocycles.